The van der Waals surface area contributed by atoms with E-state index >= 15 is 0 Å². The predicted molar refractivity (Wildman–Crippen MR) is 119 cm³/mol. The molecule has 0 unspecified atom stereocenters. The Morgan fingerprint density at radius 2 is 1.63 bits per heavy atom. The summed E-state index contributed by atoms with van der Waals surface area (Å²) in [6, 6.07) is 28.5. The van der Waals surface area contributed by atoms with E-state index in [0.717, 1.165) is 21.9 Å². The number of hydrogen-bond donors (Lipinski definition) is 2. The Morgan fingerprint density at radius 3 is 2.47 bits per heavy atom. The number of benzene rings is 4. The standard InChI is InChI=1S/C25H20N2O3/c28-25(29)21-12-6-7-13-23(21)27-26-16-22-20-11-5-4-10-19(20)14-15-24(22)30-17-18-8-2-1-3-9-18/h1-16,27H,17H2,(H,28,29)/b26-16+. The van der Waals surface area contributed by atoms with Gasteiger partial charge in [-0.05, 0) is 34.5 Å². The molecule has 5 heteroatoms. The number of nitrogens with one attached hydrogen (secondary N) is 1. The molecular formula is C25H20N2O3. The second kappa shape index (κ2) is 8.92. The number of aromatic carboxylic acids is 1. The van der Waals surface area contributed by atoms with Gasteiger partial charge >= 0.3 is 5.97 Å². The van der Waals surface area contributed by atoms with Crippen molar-refractivity contribution in [2.75, 3.05) is 5.43 Å². The molecule has 0 saturated heterocycles. The summed E-state index contributed by atoms with van der Waals surface area (Å²) in [6.07, 6.45) is 1.67. The van der Waals surface area contributed by atoms with E-state index in [1.807, 2.05) is 66.7 Å². The molecule has 4 aromatic carbocycles. The number of para-hydroxylation sites is 1. The second-order valence-corrected chi connectivity index (χ2v) is 6.69. The van der Waals surface area contributed by atoms with Crippen LogP contribution in [-0.2, 0) is 6.61 Å². The molecule has 0 aromatic heterocycles. The molecule has 0 spiro atoms. The van der Waals surface area contributed by atoms with Gasteiger partial charge in [-0.25, -0.2) is 4.79 Å². The average Bonchev–Trinajstić information content (AvgIpc) is 2.79. The van der Waals surface area contributed by atoms with Gasteiger partial charge in [0, 0.05) is 5.56 Å². The highest BCUT2D eigenvalue weighted by molar-refractivity contribution is 6.03. The minimum Gasteiger partial charge on any atom is -0.488 e. The molecule has 2 N–H and O–H groups in total. The Bertz CT molecular complexity index is 1200. The van der Waals surface area contributed by atoms with Crippen LogP contribution >= 0.6 is 0 Å². The van der Waals surface area contributed by atoms with Gasteiger partial charge in [0.2, 0.25) is 0 Å². The first-order chi connectivity index (χ1) is 14.7. The summed E-state index contributed by atoms with van der Waals surface area (Å²) < 4.78 is 6.08. The SMILES string of the molecule is O=C(O)c1ccccc1N/N=C/c1c(OCc2ccccc2)ccc2ccccc12. The van der Waals surface area contributed by atoms with Crippen molar-refractivity contribution in [2.24, 2.45) is 5.10 Å². The molecule has 0 radical (unpaired) electrons. The van der Waals surface area contributed by atoms with Crippen molar-refractivity contribution < 1.29 is 14.6 Å². The van der Waals surface area contributed by atoms with Crippen LogP contribution in [0.4, 0.5) is 5.69 Å². The largest absolute Gasteiger partial charge is 0.488 e. The number of anilines is 1. The van der Waals surface area contributed by atoms with E-state index in [-0.39, 0.29) is 5.56 Å². The molecule has 0 fully saturated rings. The lowest BCUT2D eigenvalue weighted by Crippen LogP contribution is -2.03. The van der Waals surface area contributed by atoms with Crippen LogP contribution < -0.4 is 10.2 Å². The van der Waals surface area contributed by atoms with Crippen molar-refractivity contribution in [3.05, 3.63) is 108 Å². The second-order valence-electron chi connectivity index (χ2n) is 6.69. The van der Waals surface area contributed by atoms with Crippen LogP contribution in [0.3, 0.4) is 0 Å². The summed E-state index contributed by atoms with van der Waals surface area (Å²) >= 11 is 0. The Morgan fingerprint density at radius 1 is 0.900 bits per heavy atom. The van der Waals surface area contributed by atoms with Gasteiger partial charge in [-0.3, -0.25) is 5.43 Å². The summed E-state index contributed by atoms with van der Waals surface area (Å²) in [4.78, 5) is 11.4. The summed E-state index contributed by atoms with van der Waals surface area (Å²) in [5.41, 5.74) is 5.32. The first kappa shape index (κ1) is 19.2. The molecule has 0 amide bonds. The minimum absolute atomic E-state index is 0.160. The maximum Gasteiger partial charge on any atom is 0.337 e. The number of carboxylic acid groups (broad SMARTS) is 1. The van der Waals surface area contributed by atoms with Crippen molar-refractivity contribution >= 4 is 28.6 Å². The third-order valence-corrected chi connectivity index (χ3v) is 4.70. The topological polar surface area (TPSA) is 70.9 Å². The fraction of sp³-hybridized carbons (Fsp3) is 0.0400. The molecular weight excluding hydrogens is 376 g/mol. The number of ether oxygens (including phenoxy) is 1. The van der Waals surface area contributed by atoms with Crippen LogP contribution in [-0.4, -0.2) is 17.3 Å². The molecule has 4 rings (SSSR count). The zero-order valence-corrected chi connectivity index (χ0v) is 16.2. The van der Waals surface area contributed by atoms with Crippen LogP contribution in [0.5, 0.6) is 5.75 Å². The number of hydrogen-bond acceptors (Lipinski definition) is 4. The average molecular weight is 396 g/mol. The number of hydrazone groups is 1. The molecule has 0 bridgehead atoms. The Kier molecular flexibility index (Phi) is 5.71. The van der Waals surface area contributed by atoms with E-state index in [9.17, 15) is 9.90 Å². The number of nitrogens with zero attached hydrogens (tertiary/aromatic N) is 1. The van der Waals surface area contributed by atoms with Crippen molar-refractivity contribution in [1.82, 2.24) is 0 Å². The van der Waals surface area contributed by atoms with Gasteiger partial charge in [0.05, 0.1) is 17.5 Å². The summed E-state index contributed by atoms with van der Waals surface area (Å²) in [5.74, 6) is -0.306. The fourth-order valence-corrected chi connectivity index (χ4v) is 3.20. The molecule has 0 heterocycles. The molecule has 0 aliphatic rings. The number of carbonyl (C=O) groups is 1. The summed E-state index contributed by atoms with van der Waals surface area (Å²) in [5, 5.41) is 15.7. The summed E-state index contributed by atoms with van der Waals surface area (Å²) in [7, 11) is 0. The molecule has 0 saturated carbocycles. The third kappa shape index (κ3) is 4.31. The molecule has 4 aromatic rings. The lowest BCUT2D eigenvalue weighted by molar-refractivity contribution is 0.0698. The molecule has 148 valence electrons. The highest BCUT2D eigenvalue weighted by Crippen LogP contribution is 2.27. The van der Waals surface area contributed by atoms with Gasteiger partial charge in [-0.2, -0.15) is 5.10 Å². The van der Waals surface area contributed by atoms with E-state index in [1.54, 1.807) is 24.4 Å². The van der Waals surface area contributed by atoms with E-state index in [0.29, 0.717) is 18.0 Å². The zero-order chi connectivity index (χ0) is 20.8. The Labute approximate surface area is 174 Å². The maximum absolute atomic E-state index is 11.4. The number of carboxylic acids is 1. The van der Waals surface area contributed by atoms with Crippen molar-refractivity contribution in [1.29, 1.82) is 0 Å². The van der Waals surface area contributed by atoms with Crippen LogP contribution in [0.25, 0.3) is 10.8 Å². The van der Waals surface area contributed by atoms with Gasteiger partial charge in [-0.15, -0.1) is 0 Å². The van der Waals surface area contributed by atoms with Crippen LogP contribution in [0.1, 0.15) is 21.5 Å². The minimum atomic E-state index is -1.01. The van der Waals surface area contributed by atoms with Crippen molar-refractivity contribution in [3.63, 3.8) is 0 Å². The van der Waals surface area contributed by atoms with Gasteiger partial charge in [0.15, 0.2) is 0 Å². The predicted octanol–water partition coefficient (Wildman–Crippen LogP) is 5.56. The Balaban J connectivity index is 1.64. The van der Waals surface area contributed by atoms with Gasteiger partial charge in [-0.1, -0.05) is 72.8 Å². The molecule has 0 aliphatic carbocycles. The first-order valence-electron chi connectivity index (χ1n) is 9.52. The molecule has 0 atom stereocenters. The lowest BCUT2D eigenvalue weighted by Gasteiger charge is -2.12. The van der Waals surface area contributed by atoms with Gasteiger partial charge in [0.1, 0.15) is 12.4 Å². The van der Waals surface area contributed by atoms with E-state index in [4.69, 9.17) is 4.74 Å². The van der Waals surface area contributed by atoms with E-state index in [2.05, 4.69) is 10.5 Å². The van der Waals surface area contributed by atoms with Gasteiger partial charge < -0.3 is 9.84 Å². The highest BCUT2D eigenvalue weighted by atomic mass is 16.5. The van der Waals surface area contributed by atoms with Crippen LogP contribution in [0.15, 0.2) is 96.1 Å². The van der Waals surface area contributed by atoms with E-state index < -0.39 is 5.97 Å². The smallest absolute Gasteiger partial charge is 0.337 e. The van der Waals surface area contributed by atoms with Crippen LogP contribution in [0.2, 0.25) is 0 Å². The molecule has 30 heavy (non-hydrogen) atoms. The van der Waals surface area contributed by atoms with Crippen molar-refractivity contribution in [3.8, 4) is 5.75 Å². The van der Waals surface area contributed by atoms with Crippen molar-refractivity contribution in [2.45, 2.75) is 6.61 Å². The number of rotatable bonds is 7. The lowest BCUT2D eigenvalue weighted by atomic mass is 10.0. The van der Waals surface area contributed by atoms with Crippen LogP contribution in [0, 0.1) is 0 Å². The normalized spacial score (nSPS) is 10.9. The fourth-order valence-electron chi connectivity index (χ4n) is 3.20. The Hall–Kier alpha value is -4.12. The highest BCUT2D eigenvalue weighted by Gasteiger charge is 2.10. The first-order valence-corrected chi connectivity index (χ1v) is 9.52. The van der Waals surface area contributed by atoms with E-state index in [1.165, 1.54) is 6.07 Å². The van der Waals surface area contributed by atoms with Gasteiger partial charge in [0.25, 0.3) is 0 Å². The number of fused-ring (bicyclic) bond motifs is 1. The maximum atomic E-state index is 11.4. The summed E-state index contributed by atoms with van der Waals surface area (Å²) in [6.45, 7) is 0.440. The third-order valence-electron chi connectivity index (χ3n) is 4.70. The monoisotopic (exact) mass is 396 g/mol. The molecule has 5 nitrogen and oxygen atoms in total. The quantitative estimate of drug-likeness (QED) is 0.317. The zero-order valence-electron chi connectivity index (χ0n) is 16.2. The molecule has 0 aliphatic heterocycles.